The number of guanidine groups is 1. The van der Waals surface area contributed by atoms with Gasteiger partial charge in [-0.3, -0.25) is 14.7 Å². The van der Waals surface area contributed by atoms with Crippen LogP contribution in [0, 0.1) is 5.92 Å². The fourth-order valence-electron chi connectivity index (χ4n) is 3.10. The average molecular weight is 454 g/mol. The Morgan fingerprint density at radius 3 is 2.33 bits per heavy atom. The number of halogens is 1. The van der Waals surface area contributed by atoms with Crippen LogP contribution in [0.15, 0.2) is 4.99 Å². The maximum Gasteiger partial charge on any atom is 0.308 e. The lowest BCUT2D eigenvalue weighted by Crippen LogP contribution is -2.47. The van der Waals surface area contributed by atoms with Gasteiger partial charge in [0, 0.05) is 25.7 Å². The molecule has 0 aromatic carbocycles. The largest absolute Gasteiger partial charge is 0.469 e. The van der Waals surface area contributed by atoms with Gasteiger partial charge in [-0.2, -0.15) is 0 Å². The molecule has 1 unspecified atom stereocenters. The molecular formula is C17H35IN4O2. The summed E-state index contributed by atoms with van der Waals surface area (Å²) < 4.78 is 4.85. The topological polar surface area (TPSA) is 57.2 Å². The number of ether oxygens (including phenoxy) is 1. The summed E-state index contributed by atoms with van der Waals surface area (Å²) >= 11 is 0. The minimum Gasteiger partial charge on any atom is -0.469 e. The van der Waals surface area contributed by atoms with Crippen LogP contribution in [0.4, 0.5) is 0 Å². The Kier molecular flexibility index (Phi) is 12.4. The second-order valence-corrected chi connectivity index (χ2v) is 6.05. The lowest BCUT2D eigenvalue weighted by molar-refractivity contribution is -0.146. The van der Waals surface area contributed by atoms with Gasteiger partial charge in [0.1, 0.15) is 0 Å². The monoisotopic (exact) mass is 454 g/mol. The molecular weight excluding hydrogens is 419 g/mol. The lowest BCUT2D eigenvalue weighted by Gasteiger charge is -2.33. The third-order valence-corrected chi connectivity index (χ3v) is 4.60. The van der Waals surface area contributed by atoms with E-state index in [1.165, 1.54) is 7.11 Å². The summed E-state index contributed by atoms with van der Waals surface area (Å²) in [4.78, 5) is 21.1. The smallest absolute Gasteiger partial charge is 0.308 e. The third kappa shape index (κ3) is 7.13. The summed E-state index contributed by atoms with van der Waals surface area (Å²) in [5, 5.41) is 3.38. The van der Waals surface area contributed by atoms with Crippen LogP contribution in [0.2, 0.25) is 0 Å². The highest BCUT2D eigenvalue weighted by molar-refractivity contribution is 14.0. The van der Waals surface area contributed by atoms with Crippen molar-refractivity contribution in [3.63, 3.8) is 0 Å². The van der Waals surface area contributed by atoms with Crippen molar-refractivity contribution in [1.29, 1.82) is 0 Å². The quantitative estimate of drug-likeness (QED) is 0.277. The van der Waals surface area contributed by atoms with Crippen LogP contribution < -0.4 is 5.32 Å². The van der Waals surface area contributed by atoms with E-state index < -0.39 is 0 Å². The normalized spacial score (nSPS) is 17.4. The van der Waals surface area contributed by atoms with Crippen molar-refractivity contribution >= 4 is 35.9 Å². The zero-order chi connectivity index (χ0) is 17.2. The van der Waals surface area contributed by atoms with Crippen LogP contribution >= 0.6 is 24.0 Å². The van der Waals surface area contributed by atoms with E-state index in [0.717, 1.165) is 58.1 Å². The second-order valence-electron chi connectivity index (χ2n) is 6.05. The molecule has 0 spiro atoms. The molecule has 1 saturated heterocycles. The summed E-state index contributed by atoms with van der Waals surface area (Å²) in [5.41, 5.74) is 0. The molecule has 1 fully saturated rings. The molecule has 1 rings (SSSR count). The number of nitrogens with one attached hydrogen (secondary N) is 1. The van der Waals surface area contributed by atoms with Gasteiger partial charge in [-0.05, 0) is 39.8 Å². The number of piperidine rings is 1. The van der Waals surface area contributed by atoms with Gasteiger partial charge < -0.3 is 15.0 Å². The van der Waals surface area contributed by atoms with Gasteiger partial charge in [-0.1, -0.05) is 13.8 Å². The van der Waals surface area contributed by atoms with Gasteiger partial charge in [0.25, 0.3) is 0 Å². The van der Waals surface area contributed by atoms with Crippen molar-refractivity contribution in [3.05, 3.63) is 0 Å². The summed E-state index contributed by atoms with van der Waals surface area (Å²) in [6, 6.07) is 0.436. The van der Waals surface area contributed by atoms with Crippen LogP contribution in [0.5, 0.6) is 0 Å². The molecule has 1 atom stereocenters. The van der Waals surface area contributed by atoms with Crippen LogP contribution in [-0.2, 0) is 9.53 Å². The molecule has 1 heterocycles. The maximum absolute atomic E-state index is 11.6. The molecule has 6 nitrogen and oxygen atoms in total. The minimum absolute atomic E-state index is 0. The van der Waals surface area contributed by atoms with E-state index in [1.807, 2.05) is 0 Å². The predicted octanol–water partition coefficient (Wildman–Crippen LogP) is 2.19. The predicted molar refractivity (Wildman–Crippen MR) is 110 cm³/mol. The van der Waals surface area contributed by atoms with E-state index in [4.69, 9.17) is 9.73 Å². The number of methoxy groups -OCH3 is 1. The van der Waals surface area contributed by atoms with Crippen molar-refractivity contribution in [2.45, 2.75) is 46.6 Å². The summed E-state index contributed by atoms with van der Waals surface area (Å²) in [7, 11) is 1.47. The highest BCUT2D eigenvalue weighted by atomic mass is 127. The third-order valence-electron chi connectivity index (χ3n) is 4.60. The van der Waals surface area contributed by atoms with Crippen LogP contribution in [0.25, 0.3) is 0 Å². The molecule has 24 heavy (non-hydrogen) atoms. The van der Waals surface area contributed by atoms with Crippen molar-refractivity contribution in [2.75, 3.05) is 46.4 Å². The maximum atomic E-state index is 11.6. The molecule has 0 aliphatic carbocycles. The van der Waals surface area contributed by atoms with Gasteiger partial charge in [-0.15, -0.1) is 24.0 Å². The van der Waals surface area contributed by atoms with Gasteiger partial charge in [0.15, 0.2) is 5.96 Å². The first kappa shape index (κ1) is 23.4. The number of hydrogen-bond donors (Lipinski definition) is 1. The number of esters is 1. The molecule has 142 valence electrons. The van der Waals surface area contributed by atoms with E-state index >= 15 is 0 Å². The molecule has 0 amide bonds. The second kappa shape index (κ2) is 12.7. The molecule has 7 heteroatoms. The molecule has 0 radical (unpaired) electrons. The fraction of sp³-hybridized carbons (Fsp3) is 0.882. The number of aliphatic imine (C=N–C) groups is 1. The number of carbonyl (C=O) groups excluding carboxylic acids is 1. The summed E-state index contributed by atoms with van der Waals surface area (Å²) in [6.07, 6.45) is 1.67. The number of nitrogens with zero attached hydrogens (tertiary/aromatic N) is 3. The molecule has 1 aliphatic heterocycles. The van der Waals surface area contributed by atoms with E-state index in [2.05, 4.69) is 42.8 Å². The van der Waals surface area contributed by atoms with E-state index in [0.29, 0.717) is 6.04 Å². The Labute approximate surface area is 164 Å². The number of rotatable bonds is 7. The summed E-state index contributed by atoms with van der Waals surface area (Å²) in [6.45, 7) is 14.1. The highest BCUT2D eigenvalue weighted by Gasteiger charge is 2.27. The molecule has 0 aromatic rings. The van der Waals surface area contributed by atoms with Gasteiger partial charge in [-0.25, -0.2) is 0 Å². The van der Waals surface area contributed by atoms with Crippen LogP contribution in [0.3, 0.4) is 0 Å². The highest BCUT2D eigenvalue weighted by Crippen LogP contribution is 2.18. The van der Waals surface area contributed by atoms with Gasteiger partial charge in [0.05, 0.1) is 19.6 Å². The summed E-state index contributed by atoms with van der Waals surface area (Å²) in [5.74, 6) is 0.922. The SMILES string of the molecule is CCNC(=NCC(C)N(CC)CC)N1CCC(C(=O)OC)CC1.I. The standard InChI is InChI=1S/C17H34N4O2.HI/c1-6-18-17(19-13-14(4)20(7-2)8-3)21-11-9-15(10-12-21)16(22)23-5;/h14-15H,6-13H2,1-5H3,(H,18,19);1H. The number of likely N-dealkylation sites (N-methyl/N-ethyl adjacent to an activating group) is 1. The zero-order valence-electron chi connectivity index (χ0n) is 15.9. The fourth-order valence-corrected chi connectivity index (χ4v) is 3.10. The Morgan fingerprint density at radius 1 is 1.29 bits per heavy atom. The van der Waals surface area contributed by atoms with E-state index in [-0.39, 0.29) is 35.9 Å². The average Bonchev–Trinajstić information content (AvgIpc) is 2.59. The Morgan fingerprint density at radius 2 is 1.88 bits per heavy atom. The molecule has 1 aliphatic rings. The van der Waals surface area contributed by atoms with Gasteiger partial charge >= 0.3 is 5.97 Å². The van der Waals surface area contributed by atoms with Crippen molar-refractivity contribution in [1.82, 2.24) is 15.1 Å². The molecule has 1 N–H and O–H groups in total. The minimum atomic E-state index is -0.0817. The Bertz CT molecular complexity index is 381. The molecule has 0 bridgehead atoms. The first-order valence-electron chi connectivity index (χ1n) is 8.92. The number of hydrogen-bond acceptors (Lipinski definition) is 4. The first-order valence-corrected chi connectivity index (χ1v) is 8.92. The van der Waals surface area contributed by atoms with Crippen LogP contribution in [-0.4, -0.2) is 74.1 Å². The number of likely N-dealkylation sites (tertiary alicyclic amines) is 1. The number of carbonyl (C=O) groups is 1. The van der Waals surface area contributed by atoms with Crippen molar-refractivity contribution < 1.29 is 9.53 Å². The van der Waals surface area contributed by atoms with Crippen molar-refractivity contribution in [2.24, 2.45) is 10.9 Å². The van der Waals surface area contributed by atoms with E-state index in [9.17, 15) is 4.79 Å². The molecule has 0 saturated carbocycles. The van der Waals surface area contributed by atoms with Gasteiger partial charge in [0.2, 0.25) is 0 Å². The zero-order valence-corrected chi connectivity index (χ0v) is 18.2. The Hall–Kier alpha value is -0.570. The van der Waals surface area contributed by atoms with E-state index in [1.54, 1.807) is 0 Å². The van der Waals surface area contributed by atoms with Crippen molar-refractivity contribution in [3.8, 4) is 0 Å². The first-order chi connectivity index (χ1) is 11.1. The molecule has 0 aromatic heterocycles. The van der Waals surface area contributed by atoms with Crippen LogP contribution in [0.1, 0.15) is 40.5 Å². The Balaban J connectivity index is 0.00000529. The lowest BCUT2D eigenvalue weighted by atomic mass is 9.97.